The molecule has 0 aliphatic carbocycles. The lowest BCUT2D eigenvalue weighted by atomic mass is 10.2. The molecule has 0 saturated heterocycles. The summed E-state index contributed by atoms with van der Waals surface area (Å²) in [6.07, 6.45) is 0.454. The van der Waals surface area contributed by atoms with Gasteiger partial charge in [0.25, 0.3) is 0 Å². The molecule has 42 valence electrons. The molecule has 0 radical (unpaired) electrons. The first-order chi connectivity index (χ1) is 6.00. The summed E-state index contributed by atoms with van der Waals surface area (Å²) in [4.78, 5) is 0. The lowest BCUT2D eigenvalue weighted by Gasteiger charge is -1.89. The molecule has 1 rings (SSSR count). The fourth-order valence-electron chi connectivity index (χ4n) is 0.453. The van der Waals surface area contributed by atoms with Gasteiger partial charge < -0.3 is 0 Å². The van der Waals surface area contributed by atoms with Gasteiger partial charge in [0.1, 0.15) is 0 Å². The summed E-state index contributed by atoms with van der Waals surface area (Å²) >= 11 is 0. The Hall–Kier alpha value is -0.780. The molecular weight excluding hydrogens is 96.1 g/mol. The number of hydrogen-bond donors (Lipinski definition) is 0. The van der Waals surface area contributed by atoms with E-state index < -0.39 is 0 Å². The van der Waals surface area contributed by atoms with Crippen molar-refractivity contribution in [1.82, 2.24) is 0 Å². The van der Waals surface area contributed by atoms with Gasteiger partial charge in [0, 0.05) is 0 Å². The fourth-order valence-corrected chi connectivity index (χ4v) is 0.453. The molecule has 0 spiro atoms. The van der Waals surface area contributed by atoms with Crippen LogP contribution >= 0.6 is 0 Å². The highest BCUT2D eigenvalue weighted by atomic mass is 13.9. The summed E-state index contributed by atoms with van der Waals surface area (Å²) in [7, 11) is 0. The van der Waals surface area contributed by atoms with Crippen LogP contribution in [0.5, 0.6) is 0 Å². The van der Waals surface area contributed by atoms with Crippen molar-refractivity contribution < 1.29 is 6.85 Å². The lowest BCUT2D eigenvalue weighted by Crippen LogP contribution is -1.73. The Kier molecular flexibility index (Phi) is 0.587. The number of benzene rings is 1. The Labute approximate surface area is 57.2 Å². The summed E-state index contributed by atoms with van der Waals surface area (Å²) < 4.78 is 36.9. The average molecular weight is 111 g/mol. The van der Waals surface area contributed by atoms with Crippen molar-refractivity contribution in [3.8, 4) is 0 Å². The van der Waals surface area contributed by atoms with Gasteiger partial charge in [-0.15, -0.1) is 0 Å². The zero-order valence-electron chi connectivity index (χ0n) is 9.71. The smallest absolute Gasteiger partial charge is 0.0622 e. The molecule has 0 heteroatoms. The van der Waals surface area contributed by atoms with Crippen molar-refractivity contribution in [2.75, 3.05) is 0 Å². The molecule has 0 fully saturated rings. The van der Waals surface area contributed by atoms with E-state index in [0.717, 1.165) is 0 Å². The number of rotatable bonds is 1. The summed E-state index contributed by atoms with van der Waals surface area (Å²) in [6, 6.07) is -1.01. The minimum Gasteiger partial charge on any atom is -0.0622 e. The van der Waals surface area contributed by atoms with Crippen LogP contribution in [0.1, 0.15) is 19.3 Å². The van der Waals surface area contributed by atoms with Crippen LogP contribution in [-0.2, 0) is 6.42 Å². The van der Waals surface area contributed by atoms with Crippen LogP contribution in [0.3, 0.4) is 0 Å². The third kappa shape index (κ3) is 1.09. The quantitative estimate of drug-likeness (QED) is 0.521. The zero-order valence-corrected chi connectivity index (χ0v) is 4.71. The van der Waals surface area contributed by atoms with Crippen LogP contribution in [0.2, 0.25) is 0 Å². The summed E-state index contributed by atoms with van der Waals surface area (Å²) in [5, 5.41) is 0. The maximum atomic E-state index is 7.46. The largest absolute Gasteiger partial charge is 0.0626 e. The molecule has 0 aromatic heterocycles. The monoisotopic (exact) mass is 111 g/mol. The van der Waals surface area contributed by atoms with E-state index in [1.807, 2.05) is 0 Å². The van der Waals surface area contributed by atoms with Crippen LogP contribution in [0.4, 0.5) is 0 Å². The highest BCUT2D eigenvalue weighted by Crippen LogP contribution is 1.96. The van der Waals surface area contributed by atoms with E-state index in [4.69, 9.17) is 6.85 Å². The van der Waals surface area contributed by atoms with Crippen molar-refractivity contribution in [2.45, 2.75) is 13.3 Å². The second-order valence-corrected chi connectivity index (χ2v) is 1.46. The molecule has 0 amide bonds. The molecule has 0 heterocycles. The average Bonchev–Trinajstić information content (AvgIpc) is 2.13. The van der Waals surface area contributed by atoms with Gasteiger partial charge in [-0.2, -0.15) is 0 Å². The van der Waals surface area contributed by atoms with Gasteiger partial charge in [-0.05, 0) is 12.0 Å². The van der Waals surface area contributed by atoms with Crippen LogP contribution < -0.4 is 0 Å². The molecule has 0 nitrogen and oxygen atoms in total. The van der Waals surface area contributed by atoms with Crippen LogP contribution in [0, 0.1) is 0 Å². The van der Waals surface area contributed by atoms with Crippen molar-refractivity contribution >= 4 is 0 Å². The Morgan fingerprint density at radius 1 is 1.38 bits per heavy atom. The zero-order chi connectivity index (χ0) is 10.2. The fraction of sp³-hybridized carbons (Fsp3) is 0.250. The Bertz CT molecular complexity index is 316. The minimum atomic E-state index is -0.327. The molecule has 0 N–H and O–H groups in total. The van der Waals surface area contributed by atoms with Gasteiger partial charge in [-0.1, -0.05) is 37.1 Å². The predicted molar refractivity (Wildman–Crippen MR) is 35.8 cm³/mol. The van der Waals surface area contributed by atoms with Crippen molar-refractivity contribution in [2.24, 2.45) is 0 Å². The van der Waals surface area contributed by atoms with Crippen molar-refractivity contribution in [3.63, 3.8) is 0 Å². The molecule has 1 aromatic rings. The molecule has 0 unspecified atom stereocenters. The molecule has 8 heavy (non-hydrogen) atoms. The van der Waals surface area contributed by atoms with Crippen molar-refractivity contribution in [3.05, 3.63) is 35.8 Å². The van der Waals surface area contributed by atoms with E-state index in [0.29, 0.717) is 12.0 Å². The second kappa shape index (κ2) is 2.51. The van der Waals surface area contributed by atoms with Gasteiger partial charge in [-0.25, -0.2) is 0 Å². The van der Waals surface area contributed by atoms with E-state index in [1.54, 1.807) is 6.92 Å². The summed E-state index contributed by atoms with van der Waals surface area (Å²) in [6.45, 7) is 1.77. The Morgan fingerprint density at radius 3 is 2.50 bits per heavy atom. The highest BCUT2D eigenvalue weighted by Gasteiger charge is 1.79. The van der Waals surface area contributed by atoms with Gasteiger partial charge in [0.05, 0.1) is 6.85 Å². The summed E-state index contributed by atoms with van der Waals surface area (Å²) in [5.74, 6) is 0. The number of hydrogen-bond acceptors (Lipinski definition) is 0. The molecule has 1 aromatic carbocycles. The molecule has 0 saturated carbocycles. The SMILES string of the molecule is [2H]c1c([2H])c([2H])c(CC)c([2H])c1[2H]. The summed E-state index contributed by atoms with van der Waals surface area (Å²) in [5.41, 5.74) is 0.381. The normalized spacial score (nSPS) is 17.9. The first-order valence-corrected chi connectivity index (χ1v) is 2.56. The van der Waals surface area contributed by atoms with E-state index in [2.05, 4.69) is 0 Å². The van der Waals surface area contributed by atoms with Crippen LogP contribution in [0.15, 0.2) is 30.2 Å². The molecular formula is C8H10. The third-order valence-corrected chi connectivity index (χ3v) is 0.905. The topological polar surface area (TPSA) is 0 Å². The van der Waals surface area contributed by atoms with Crippen molar-refractivity contribution in [1.29, 1.82) is 0 Å². The van der Waals surface area contributed by atoms with Gasteiger partial charge in [-0.3, -0.25) is 0 Å². The Balaban J connectivity index is 3.56. The minimum absolute atomic E-state index is 0.0894. The first kappa shape index (κ1) is 1.87. The predicted octanol–water partition coefficient (Wildman–Crippen LogP) is 2.25. The van der Waals surface area contributed by atoms with Crippen LogP contribution in [-0.4, -0.2) is 0 Å². The first-order valence-electron chi connectivity index (χ1n) is 5.06. The molecule has 0 bridgehead atoms. The Morgan fingerprint density at radius 2 is 2.00 bits per heavy atom. The third-order valence-electron chi connectivity index (χ3n) is 0.905. The van der Waals surface area contributed by atoms with Crippen LogP contribution in [0.25, 0.3) is 0 Å². The lowest BCUT2D eigenvalue weighted by molar-refractivity contribution is 1.14. The van der Waals surface area contributed by atoms with E-state index >= 15 is 0 Å². The van der Waals surface area contributed by atoms with Gasteiger partial charge >= 0.3 is 0 Å². The van der Waals surface area contributed by atoms with Gasteiger partial charge in [0.15, 0.2) is 0 Å². The van der Waals surface area contributed by atoms with E-state index in [9.17, 15) is 0 Å². The van der Waals surface area contributed by atoms with Gasteiger partial charge in [0.2, 0.25) is 0 Å². The molecule has 0 atom stereocenters. The standard InChI is InChI=1S/C8H10/c1-2-8-6-4-3-5-7-8/h3-7H,2H2,1H3/i3D,4D,5D,6D,7D. The van der Waals surface area contributed by atoms with E-state index in [1.165, 1.54) is 0 Å². The molecule has 0 aliphatic heterocycles. The second-order valence-electron chi connectivity index (χ2n) is 1.46. The molecule has 0 aliphatic rings. The maximum absolute atomic E-state index is 7.46. The highest BCUT2D eigenvalue weighted by molar-refractivity contribution is 5.13. The maximum Gasteiger partial charge on any atom is 0.0626 e. The van der Waals surface area contributed by atoms with E-state index in [-0.39, 0.29) is 30.2 Å².